The van der Waals surface area contributed by atoms with E-state index in [0.29, 0.717) is 0 Å². The van der Waals surface area contributed by atoms with Gasteiger partial charge in [-0.1, -0.05) is 48.5 Å². The molecule has 0 aliphatic heterocycles. The Hall–Kier alpha value is -4.00. The number of aromatic nitrogens is 4. The minimum Gasteiger partial charge on any atom is -0.456 e. The summed E-state index contributed by atoms with van der Waals surface area (Å²) in [6, 6.07) is 22.1. The Balaban J connectivity index is 1.63. The average molecular weight is 386 g/mol. The fraction of sp³-hybridized carbons (Fsp3) is 0.0909. The lowest BCUT2D eigenvalue weighted by atomic mass is 10.1. The molecule has 7 heteroatoms. The molecule has 0 bridgehead atoms. The van der Waals surface area contributed by atoms with E-state index in [2.05, 4.69) is 5.10 Å². The lowest BCUT2D eigenvalue weighted by molar-refractivity contribution is 0.0463. The zero-order valence-electron chi connectivity index (χ0n) is 15.7. The second kappa shape index (κ2) is 7.93. The van der Waals surface area contributed by atoms with E-state index in [1.165, 1.54) is 19.2 Å². The van der Waals surface area contributed by atoms with Crippen molar-refractivity contribution in [2.24, 2.45) is 7.05 Å². The van der Waals surface area contributed by atoms with Gasteiger partial charge in [-0.15, -0.1) is 0 Å². The highest BCUT2D eigenvalue weighted by Gasteiger charge is 2.16. The molecule has 7 nitrogen and oxygen atoms in total. The molecule has 0 radical (unpaired) electrons. The number of aryl methyl sites for hydroxylation is 1. The maximum Gasteiger partial charge on any atom is 0.359 e. The number of esters is 1. The van der Waals surface area contributed by atoms with Gasteiger partial charge < -0.3 is 4.74 Å². The molecule has 2 aromatic heterocycles. The predicted molar refractivity (Wildman–Crippen MR) is 108 cm³/mol. The Kier molecular flexibility index (Phi) is 5.03. The largest absolute Gasteiger partial charge is 0.456 e. The van der Waals surface area contributed by atoms with Crippen LogP contribution in [0.2, 0.25) is 0 Å². The Bertz CT molecular complexity index is 1200. The number of ether oxygens (including phenoxy) is 1. The highest BCUT2D eigenvalue weighted by molar-refractivity contribution is 5.87. The third kappa shape index (κ3) is 3.98. The Morgan fingerprint density at radius 3 is 2.31 bits per heavy atom. The number of hydrogen-bond acceptors (Lipinski definition) is 5. The summed E-state index contributed by atoms with van der Waals surface area (Å²) in [7, 11) is 1.48. The van der Waals surface area contributed by atoms with E-state index in [1.807, 2.05) is 66.9 Å². The zero-order chi connectivity index (χ0) is 20.2. The first-order valence-corrected chi connectivity index (χ1v) is 9.03. The maximum absolute atomic E-state index is 12.4. The fourth-order valence-electron chi connectivity index (χ4n) is 2.90. The van der Waals surface area contributed by atoms with Gasteiger partial charge in [0.1, 0.15) is 6.61 Å². The molecule has 0 aliphatic carbocycles. The molecule has 0 N–H and O–H groups in total. The zero-order valence-corrected chi connectivity index (χ0v) is 15.7. The van der Waals surface area contributed by atoms with Crippen LogP contribution in [0.5, 0.6) is 0 Å². The first-order valence-electron chi connectivity index (χ1n) is 9.03. The number of carbonyl (C=O) groups is 1. The van der Waals surface area contributed by atoms with Gasteiger partial charge in [-0.2, -0.15) is 10.2 Å². The van der Waals surface area contributed by atoms with E-state index in [-0.39, 0.29) is 17.9 Å². The van der Waals surface area contributed by atoms with Crippen LogP contribution < -0.4 is 5.56 Å². The normalized spacial score (nSPS) is 10.7. The first-order chi connectivity index (χ1) is 14.1. The van der Waals surface area contributed by atoms with E-state index in [4.69, 9.17) is 9.84 Å². The summed E-state index contributed by atoms with van der Waals surface area (Å²) >= 11 is 0. The summed E-state index contributed by atoms with van der Waals surface area (Å²) in [5, 5.41) is 8.62. The minimum absolute atomic E-state index is 0.0282. The van der Waals surface area contributed by atoms with Crippen LogP contribution in [0.3, 0.4) is 0 Å². The first kappa shape index (κ1) is 18.4. The van der Waals surface area contributed by atoms with Crippen molar-refractivity contribution in [2.45, 2.75) is 6.61 Å². The van der Waals surface area contributed by atoms with Gasteiger partial charge in [-0.25, -0.2) is 14.2 Å². The Labute approximate surface area is 166 Å². The van der Waals surface area contributed by atoms with Gasteiger partial charge in [0.15, 0.2) is 5.69 Å². The molecule has 29 heavy (non-hydrogen) atoms. The maximum atomic E-state index is 12.4. The van der Waals surface area contributed by atoms with E-state index < -0.39 is 5.97 Å². The number of hydrogen-bond donors (Lipinski definition) is 0. The van der Waals surface area contributed by atoms with Crippen molar-refractivity contribution in [2.75, 3.05) is 0 Å². The van der Waals surface area contributed by atoms with Crippen molar-refractivity contribution in [3.8, 4) is 16.9 Å². The number of benzene rings is 2. The number of carbonyl (C=O) groups excluding carboxylic acids is 1. The standard InChI is InChI=1S/C22H18N4O3/c1-25-20(27)13-12-19(23-25)22(28)29-15-17-14-26(18-10-6-3-7-11-18)24-21(17)16-8-4-2-5-9-16/h2-14H,15H2,1H3. The van der Waals surface area contributed by atoms with Crippen LogP contribution in [0, 0.1) is 0 Å². The molecule has 2 aromatic carbocycles. The van der Waals surface area contributed by atoms with E-state index in [0.717, 1.165) is 27.2 Å². The molecular formula is C22H18N4O3. The predicted octanol–water partition coefficient (Wildman–Crippen LogP) is 2.99. The third-order valence-corrected chi connectivity index (χ3v) is 4.39. The summed E-state index contributed by atoms with van der Waals surface area (Å²) in [5.41, 5.74) is 3.10. The summed E-state index contributed by atoms with van der Waals surface area (Å²) < 4.78 is 8.31. The molecule has 0 unspecified atom stereocenters. The van der Waals surface area contributed by atoms with Gasteiger partial charge in [0.2, 0.25) is 0 Å². The molecule has 0 spiro atoms. The third-order valence-electron chi connectivity index (χ3n) is 4.39. The Morgan fingerprint density at radius 2 is 1.62 bits per heavy atom. The van der Waals surface area contributed by atoms with Crippen LogP contribution in [-0.2, 0) is 18.4 Å². The van der Waals surface area contributed by atoms with E-state index in [9.17, 15) is 9.59 Å². The second-order valence-electron chi connectivity index (χ2n) is 6.41. The van der Waals surface area contributed by atoms with Gasteiger partial charge in [0.25, 0.3) is 5.56 Å². The molecule has 144 valence electrons. The van der Waals surface area contributed by atoms with Crippen molar-refractivity contribution in [3.05, 3.63) is 101 Å². The molecule has 0 atom stereocenters. The lowest BCUT2D eigenvalue weighted by Gasteiger charge is -2.05. The average Bonchev–Trinajstić information content (AvgIpc) is 3.19. The van der Waals surface area contributed by atoms with Crippen LogP contribution in [0.1, 0.15) is 16.1 Å². The van der Waals surface area contributed by atoms with Crippen molar-refractivity contribution >= 4 is 5.97 Å². The summed E-state index contributed by atoms with van der Waals surface area (Å²) in [6.45, 7) is 0.0282. The van der Waals surface area contributed by atoms with Crippen LogP contribution in [-0.4, -0.2) is 25.5 Å². The van der Waals surface area contributed by atoms with Gasteiger partial charge in [0.05, 0.1) is 11.4 Å². The van der Waals surface area contributed by atoms with Crippen molar-refractivity contribution in [1.82, 2.24) is 19.6 Å². The van der Waals surface area contributed by atoms with Gasteiger partial charge in [0, 0.05) is 30.4 Å². The molecule has 0 saturated carbocycles. The summed E-state index contributed by atoms with van der Waals surface area (Å²) in [5.74, 6) is -0.605. The van der Waals surface area contributed by atoms with E-state index in [1.54, 1.807) is 4.68 Å². The topological polar surface area (TPSA) is 79.0 Å². The summed E-state index contributed by atoms with van der Waals surface area (Å²) in [6.07, 6.45) is 1.85. The second-order valence-corrected chi connectivity index (χ2v) is 6.41. The highest BCUT2D eigenvalue weighted by Crippen LogP contribution is 2.24. The van der Waals surface area contributed by atoms with Crippen molar-refractivity contribution in [3.63, 3.8) is 0 Å². The molecule has 4 aromatic rings. The van der Waals surface area contributed by atoms with E-state index >= 15 is 0 Å². The molecule has 0 aliphatic rings. The molecular weight excluding hydrogens is 368 g/mol. The number of para-hydroxylation sites is 1. The molecule has 0 fully saturated rings. The fourth-order valence-corrected chi connectivity index (χ4v) is 2.90. The van der Waals surface area contributed by atoms with Crippen LogP contribution >= 0.6 is 0 Å². The van der Waals surface area contributed by atoms with Crippen molar-refractivity contribution < 1.29 is 9.53 Å². The number of nitrogens with zero attached hydrogens (tertiary/aromatic N) is 4. The Morgan fingerprint density at radius 1 is 0.931 bits per heavy atom. The molecule has 0 saturated heterocycles. The quantitative estimate of drug-likeness (QED) is 0.493. The van der Waals surface area contributed by atoms with Gasteiger partial charge >= 0.3 is 5.97 Å². The minimum atomic E-state index is -0.605. The summed E-state index contributed by atoms with van der Waals surface area (Å²) in [4.78, 5) is 23.8. The van der Waals surface area contributed by atoms with Crippen molar-refractivity contribution in [1.29, 1.82) is 0 Å². The SMILES string of the molecule is Cn1nc(C(=O)OCc2cn(-c3ccccc3)nc2-c2ccccc2)ccc1=O. The molecule has 2 heterocycles. The van der Waals surface area contributed by atoms with Crippen LogP contribution in [0.25, 0.3) is 16.9 Å². The molecule has 0 amide bonds. The van der Waals surface area contributed by atoms with Gasteiger partial charge in [-0.05, 0) is 18.2 Å². The van der Waals surface area contributed by atoms with Gasteiger partial charge in [-0.3, -0.25) is 4.79 Å². The highest BCUT2D eigenvalue weighted by atomic mass is 16.5. The lowest BCUT2D eigenvalue weighted by Crippen LogP contribution is -2.21. The smallest absolute Gasteiger partial charge is 0.359 e. The molecule has 4 rings (SSSR count). The van der Waals surface area contributed by atoms with Crippen LogP contribution in [0.15, 0.2) is 83.8 Å². The number of rotatable bonds is 5. The monoisotopic (exact) mass is 386 g/mol. The van der Waals surface area contributed by atoms with Crippen LogP contribution in [0.4, 0.5) is 0 Å².